The van der Waals surface area contributed by atoms with E-state index in [-0.39, 0.29) is 0 Å². The number of rotatable bonds is 4. The standard InChI is InChI=1S/C12H21F/c1-7-12(6,13)11(10(4)5)8-9(2)3/h8-9H,4,7H2,1-3,5-6H3/b11-8+. The summed E-state index contributed by atoms with van der Waals surface area (Å²) < 4.78 is 14.0. The molecule has 0 saturated heterocycles. The summed E-state index contributed by atoms with van der Waals surface area (Å²) >= 11 is 0. The second kappa shape index (κ2) is 4.59. The van der Waals surface area contributed by atoms with E-state index in [1.54, 1.807) is 6.92 Å². The van der Waals surface area contributed by atoms with E-state index in [0.717, 1.165) is 11.1 Å². The third kappa shape index (κ3) is 3.75. The monoisotopic (exact) mass is 184 g/mol. The fraction of sp³-hybridized carbons (Fsp3) is 0.667. The van der Waals surface area contributed by atoms with Crippen LogP contribution in [0.3, 0.4) is 0 Å². The molecule has 13 heavy (non-hydrogen) atoms. The third-order valence-electron chi connectivity index (χ3n) is 2.19. The Labute approximate surface area is 81.5 Å². The molecule has 1 atom stereocenters. The minimum atomic E-state index is -1.23. The number of alkyl halides is 1. The lowest BCUT2D eigenvalue weighted by Gasteiger charge is -2.23. The zero-order valence-electron chi connectivity index (χ0n) is 9.45. The summed E-state index contributed by atoms with van der Waals surface area (Å²) in [5.41, 5.74) is 0.362. The molecule has 0 nitrogen and oxygen atoms in total. The van der Waals surface area contributed by atoms with E-state index in [2.05, 4.69) is 20.4 Å². The van der Waals surface area contributed by atoms with Crippen molar-refractivity contribution in [3.63, 3.8) is 0 Å². The molecule has 0 fully saturated rings. The van der Waals surface area contributed by atoms with Crippen LogP contribution in [-0.2, 0) is 0 Å². The lowest BCUT2D eigenvalue weighted by molar-refractivity contribution is 0.234. The molecule has 1 unspecified atom stereocenters. The van der Waals surface area contributed by atoms with Gasteiger partial charge in [0.05, 0.1) is 0 Å². The Bertz CT molecular complexity index is 209. The van der Waals surface area contributed by atoms with Gasteiger partial charge in [-0.15, -0.1) is 0 Å². The fourth-order valence-electron chi connectivity index (χ4n) is 1.28. The highest BCUT2D eigenvalue weighted by atomic mass is 19.1. The Hall–Kier alpha value is -0.590. The Morgan fingerprint density at radius 3 is 2.23 bits per heavy atom. The predicted molar refractivity (Wildman–Crippen MR) is 57.5 cm³/mol. The van der Waals surface area contributed by atoms with Crippen LogP contribution in [0.5, 0.6) is 0 Å². The molecule has 0 radical (unpaired) electrons. The number of halogens is 1. The van der Waals surface area contributed by atoms with Crippen molar-refractivity contribution >= 4 is 0 Å². The van der Waals surface area contributed by atoms with E-state index in [1.807, 2.05) is 19.9 Å². The average Bonchev–Trinajstić information content (AvgIpc) is 1.99. The largest absolute Gasteiger partial charge is 0.239 e. The van der Waals surface area contributed by atoms with Gasteiger partial charge in [-0.3, -0.25) is 0 Å². The summed E-state index contributed by atoms with van der Waals surface area (Å²) in [6.45, 7) is 13.3. The summed E-state index contributed by atoms with van der Waals surface area (Å²) in [5.74, 6) is 0.369. The number of allylic oxidation sites excluding steroid dienone is 3. The van der Waals surface area contributed by atoms with Crippen LogP contribution in [0.15, 0.2) is 23.8 Å². The summed E-state index contributed by atoms with van der Waals surface area (Å²) in [5, 5.41) is 0. The van der Waals surface area contributed by atoms with Gasteiger partial charge < -0.3 is 0 Å². The molecule has 0 saturated carbocycles. The second-order valence-corrected chi connectivity index (χ2v) is 4.16. The summed E-state index contributed by atoms with van der Waals surface area (Å²) in [7, 11) is 0. The van der Waals surface area contributed by atoms with Crippen molar-refractivity contribution in [2.24, 2.45) is 5.92 Å². The molecule has 0 aromatic heterocycles. The highest BCUT2D eigenvalue weighted by Crippen LogP contribution is 2.30. The first kappa shape index (κ1) is 12.4. The molecule has 0 rings (SSSR count). The molecule has 0 N–H and O–H groups in total. The van der Waals surface area contributed by atoms with Gasteiger partial charge in [-0.1, -0.05) is 39.0 Å². The Morgan fingerprint density at radius 1 is 1.54 bits per heavy atom. The summed E-state index contributed by atoms with van der Waals surface area (Å²) in [4.78, 5) is 0. The van der Waals surface area contributed by atoms with Gasteiger partial charge in [-0.25, -0.2) is 4.39 Å². The van der Waals surface area contributed by atoms with Crippen molar-refractivity contribution in [3.8, 4) is 0 Å². The van der Waals surface area contributed by atoms with Crippen LogP contribution >= 0.6 is 0 Å². The van der Waals surface area contributed by atoms with Crippen LogP contribution in [-0.4, -0.2) is 5.67 Å². The molecule has 0 aromatic carbocycles. The van der Waals surface area contributed by atoms with Crippen molar-refractivity contribution in [2.45, 2.75) is 46.7 Å². The first-order valence-electron chi connectivity index (χ1n) is 4.88. The van der Waals surface area contributed by atoms with Gasteiger partial charge in [-0.2, -0.15) is 0 Å². The van der Waals surface area contributed by atoms with Crippen molar-refractivity contribution < 1.29 is 4.39 Å². The quantitative estimate of drug-likeness (QED) is 0.572. The van der Waals surface area contributed by atoms with Crippen LogP contribution in [0.25, 0.3) is 0 Å². The van der Waals surface area contributed by atoms with Gasteiger partial charge >= 0.3 is 0 Å². The smallest absolute Gasteiger partial charge is 0.132 e. The van der Waals surface area contributed by atoms with Gasteiger partial charge in [0.1, 0.15) is 5.67 Å². The molecule has 0 aliphatic carbocycles. The van der Waals surface area contributed by atoms with Crippen LogP contribution in [0.4, 0.5) is 4.39 Å². The first-order valence-corrected chi connectivity index (χ1v) is 4.88. The maximum absolute atomic E-state index is 14.0. The molecule has 0 bridgehead atoms. The zero-order chi connectivity index (χ0) is 10.6. The highest BCUT2D eigenvalue weighted by Gasteiger charge is 2.26. The van der Waals surface area contributed by atoms with E-state index < -0.39 is 5.67 Å². The average molecular weight is 184 g/mol. The van der Waals surface area contributed by atoms with E-state index in [1.165, 1.54) is 0 Å². The van der Waals surface area contributed by atoms with Crippen molar-refractivity contribution in [1.82, 2.24) is 0 Å². The molecule has 0 spiro atoms. The number of hydrogen-bond donors (Lipinski definition) is 0. The maximum Gasteiger partial charge on any atom is 0.132 e. The van der Waals surface area contributed by atoms with E-state index in [9.17, 15) is 4.39 Å². The molecule has 0 aromatic rings. The van der Waals surface area contributed by atoms with Crippen molar-refractivity contribution in [3.05, 3.63) is 23.8 Å². The third-order valence-corrected chi connectivity index (χ3v) is 2.19. The first-order chi connectivity index (χ1) is 5.81. The molecule has 1 heteroatoms. The lowest BCUT2D eigenvalue weighted by atomic mass is 9.88. The second-order valence-electron chi connectivity index (χ2n) is 4.16. The van der Waals surface area contributed by atoms with Crippen molar-refractivity contribution in [2.75, 3.05) is 0 Å². The maximum atomic E-state index is 14.0. The topological polar surface area (TPSA) is 0 Å². The van der Waals surface area contributed by atoms with Crippen LogP contribution < -0.4 is 0 Å². The Kier molecular flexibility index (Phi) is 4.38. The Balaban J connectivity index is 4.93. The summed E-state index contributed by atoms with van der Waals surface area (Å²) in [6.07, 6.45) is 2.46. The van der Waals surface area contributed by atoms with Crippen LogP contribution in [0.1, 0.15) is 41.0 Å². The normalized spacial score (nSPS) is 17.3. The van der Waals surface area contributed by atoms with E-state index in [0.29, 0.717) is 12.3 Å². The van der Waals surface area contributed by atoms with Gasteiger partial charge in [-0.05, 0) is 31.8 Å². The molecule has 0 amide bonds. The van der Waals surface area contributed by atoms with Crippen molar-refractivity contribution in [1.29, 1.82) is 0 Å². The van der Waals surface area contributed by atoms with Gasteiger partial charge in [0.15, 0.2) is 0 Å². The van der Waals surface area contributed by atoms with Gasteiger partial charge in [0.25, 0.3) is 0 Å². The van der Waals surface area contributed by atoms with Crippen LogP contribution in [0, 0.1) is 5.92 Å². The molecular weight excluding hydrogens is 163 g/mol. The zero-order valence-corrected chi connectivity index (χ0v) is 9.45. The summed E-state index contributed by atoms with van der Waals surface area (Å²) in [6, 6.07) is 0. The van der Waals surface area contributed by atoms with E-state index >= 15 is 0 Å². The Morgan fingerprint density at radius 2 is 2.00 bits per heavy atom. The lowest BCUT2D eigenvalue weighted by Crippen LogP contribution is -2.21. The molecule has 76 valence electrons. The predicted octanol–water partition coefficient (Wildman–Crippen LogP) is 4.28. The minimum absolute atomic E-state index is 0.369. The SMILES string of the molecule is C=C(C)/C(=C\C(C)C)C(C)(F)CC. The van der Waals surface area contributed by atoms with Crippen LogP contribution in [0.2, 0.25) is 0 Å². The fourth-order valence-corrected chi connectivity index (χ4v) is 1.28. The molecule has 0 aliphatic heterocycles. The van der Waals surface area contributed by atoms with Gasteiger partial charge in [0, 0.05) is 0 Å². The molecule has 0 aliphatic rings. The highest BCUT2D eigenvalue weighted by molar-refractivity contribution is 5.34. The minimum Gasteiger partial charge on any atom is -0.239 e. The van der Waals surface area contributed by atoms with E-state index in [4.69, 9.17) is 0 Å². The van der Waals surface area contributed by atoms with Gasteiger partial charge in [0.2, 0.25) is 0 Å². The number of hydrogen-bond acceptors (Lipinski definition) is 0. The molecular formula is C12H21F. The molecule has 0 heterocycles.